The molecular formula is C15H10F2N2O. The monoisotopic (exact) mass is 272 g/mol. The maximum absolute atomic E-state index is 13.6. The SMILES string of the molecule is Cc1ccc(F)c(C(=O)Nc2ccc(C#N)cc2F)c1. The molecule has 2 aromatic carbocycles. The fraction of sp³-hybridized carbons (Fsp3) is 0.0667. The number of nitrogens with one attached hydrogen (secondary N) is 1. The molecule has 0 saturated heterocycles. The van der Waals surface area contributed by atoms with Crippen LogP contribution in [0.3, 0.4) is 0 Å². The molecule has 0 fully saturated rings. The topological polar surface area (TPSA) is 52.9 Å². The molecule has 2 aromatic rings. The highest BCUT2D eigenvalue weighted by molar-refractivity contribution is 6.04. The Hall–Kier alpha value is -2.74. The Morgan fingerprint density at radius 3 is 2.55 bits per heavy atom. The van der Waals surface area contributed by atoms with E-state index >= 15 is 0 Å². The number of carbonyl (C=O) groups is 1. The zero-order chi connectivity index (χ0) is 14.7. The molecule has 0 saturated carbocycles. The quantitative estimate of drug-likeness (QED) is 0.911. The fourth-order valence-electron chi connectivity index (χ4n) is 1.69. The van der Waals surface area contributed by atoms with Crippen LogP contribution < -0.4 is 5.32 Å². The van der Waals surface area contributed by atoms with Crippen molar-refractivity contribution in [1.29, 1.82) is 5.26 Å². The van der Waals surface area contributed by atoms with Crippen LogP contribution in [0.4, 0.5) is 14.5 Å². The maximum atomic E-state index is 13.6. The van der Waals surface area contributed by atoms with Gasteiger partial charge in [0.25, 0.3) is 5.91 Å². The second kappa shape index (κ2) is 5.49. The fourth-order valence-corrected chi connectivity index (χ4v) is 1.69. The van der Waals surface area contributed by atoms with Crippen LogP contribution in [-0.2, 0) is 0 Å². The molecule has 1 amide bonds. The Morgan fingerprint density at radius 2 is 1.90 bits per heavy atom. The molecule has 0 atom stereocenters. The Balaban J connectivity index is 2.28. The third-order valence-corrected chi connectivity index (χ3v) is 2.71. The van der Waals surface area contributed by atoms with Gasteiger partial charge in [-0.15, -0.1) is 0 Å². The van der Waals surface area contributed by atoms with Gasteiger partial charge in [-0.05, 0) is 37.3 Å². The van der Waals surface area contributed by atoms with E-state index in [2.05, 4.69) is 5.32 Å². The largest absolute Gasteiger partial charge is 0.319 e. The molecule has 0 aliphatic rings. The lowest BCUT2D eigenvalue weighted by Gasteiger charge is -2.08. The minimum Gasteiger partial charge on any atom is -0.319 e. The molecule has 5 heteroatoms. The number of amides is 1. The number of halogens is 2. The number of aryl methyl sites for hydroxylation is 1. The summed E-state index contributed by atoms with van der Waals surface area (Å²) in [6, 6.07) is 9.51. The lowest BCUT2D eigenvalue weighted by molar-refractivity contribution is 0.102. The molecule has 0 aliphatic heterocycles. The van der Waals surface area contributed by atoms with Gasteiger partial charge in [-0.25, -0.2) is 8.78 Å². The van der Waals surface area contributed by atoms with E-state index in [0.29, 0.717) is 0 Å². The Kier molecular flexibility index (Phi) is 3.76. The zero-order valence-electron chi connectivity index (χ0n) is 10.6. The Morgan fingerprint density at radius 1 is 1.15 bits per heavy atom. The molecule has 0 aliphatic carbocycles. The number of anilines is 1. The highest BCUT2D eigenvalue weighted by atomic mass is 19.1. The molecule has 2 rings (SSSR count). The van der Waals surface area contributed by atoms with Crippen molar-refractivity contribution >= 4 is 11.6 Å². The van der Waals surface area contributed by atoms with E-state index in [1.807, 2.05) is 0 Å². The first-order valence-corrected chi connectivity index (χ1v) is 5.78. The van der Waals surface area contributed by atoms with Crippen molar-refractivity contribution in [2.45, 2.75) is 6.92 Å². The number of nitrogens with zero attached hydrogens (tertiary/aromatic N) is 1. The van der Waals surface area contributed by atoms with E-state index in [-0.39, 0.29) is 16.8 Å². The summed E-state index contributed by atoms with van der Waals surface area (Å²) in [4.78, 5) is 11.9. The van der Waals surface area contributed by atoms with E-state index in [9.17, 15) is 13.6 Å². The van der Waals surface area contributed by atoms with Crippen LogP contribution in [-0.4, -0.2) is 5.91 Å². The van der Waals surface area contributed by atoms with Crippen LogP contribution in [0.1, 0.15) is 21.5 Å². The highest BCUT2D eigenvalue weighted by Crippen LogP contribution is 2.18. The molecular weight excluding hydrogens is 262 g/mol. The molecule has 0 bridgehead atoms. The second-order valence-electron chi connectivity index (χ2n) is 4.24. The van der Waals surface area contributed by atoms with Gasteiger partial charge in [-0.1, -0.05) is 11.6 Å². The number of benzene rings is 2. The van der Waals surface area contributed by atoms with Crippen LogP contribution in [0.5, 0.6) is 0 Å². The summed E-state index contributed by atoms with van der Waals surface area (Å²) in [7, 11) is 0. The van der Waals surface area contributed by atoms with Crippen molar-refractivity contribution in [3.05, 3.63) is 64.7 Å². The predicted molar refractivity (Wildman–Crippen MR) is 70.2 cm³/mol. The van der Waals surface area contributed by atoms with Crippen LogP contribution >= 0.6 is 0 Å². The summed E-state index contributed by atoms with van der Waals surface area (Å²) in [6.45, 7) is 1.72. The van der Waals surface area contributed by atoms with Crippen molar-refractivity contribution in [1.82, 2.24) is 0 Å². The molecule has 0 aromatic heterocycles. The van der Waals surface area contributed by atoms with E-state index in [1.54, 1.807) is 13.0 Å². The van der Waals surface area contributed by atoms with Gasteiger partial charge in [-0.2, -0.15) is 5.26 Å². The summed E-state index contributed by atoms with van der Waals surface area (Å²) in [5.74, 6) is -2.16. The van der Waals surface area contributed by atoms with Crippen LogP contribution in [0.25, 0.3) is 0 Å². The van der Waals surface area contributed by atoms with Crippen LogP contribution in [0.2, 0.25) is 0 Å². The average Bonchev–Trinajstić information content (AvgIpc) is 2.43. The normalized spacial score (nSPS) is 9.90. The molecule has 0 radical (unpaired) electrons. The highest BCUT2D eigenvalue weighted by Gasteiger charge is 2.14. The van der Waals surface area contributed by atoms with Gasteiger partial charge < -0.3 is 5.32 Å². The lowest BCUT2D eigenvalue weighted by atomic mass is 10.1. The molecule has 0 spiro atoms. The van der Waals surface area contributed by atoms with E-state index in [0.717, 1.165) is 11.6 Å². The Labute approximate surface area is 114 Å². The number of carbonyl (C=O) groups excluding carboxylic acids is 1. The second-order valence-corrected chi connectivity index (χ2v) is 4.24. The first-order valence-electron chi connectivity index (χ1n) is 5.78. The zero-order valence-corrected chi connectivity index (χ0v) is 10.6. The van der Waals surface area contributed by atoms with Gasteiger partial charge in [0.15, 0.2) is 0 Å². The van der Waals surface area contributed by atoms with Crippen molar-refractivity contribution in [2.75, 3.05) is 5.32 Å². The van der Waals surface area contributed by atoms with Crippen LogP contribution in [0, 0.1) is 29.9 Å². The number of nitriles is 1. The number of hydrogen-bond acceptors (Lipinski definition) is 2. The van der Waals surface area contributed by atoms with Crippen molar-refractivity contribution in [3.63, 3.8) is 0 Å². The van der Waals surface area contributed by atoms with E-state index < -0.39 is 17.5 Å². The van der Waals surface area contributed by atoms with Gasteiger partial charge in [0.1, 0.15) is 11.6 Å². The summed E-state index contributed by atoms with van der Waals surface area (Å²) < 4.78 is 27.2. The minimum atomic E-state index is -0.745. The molecule has 3 nitrogen and oxygen atoms in total. The van der Waals surface area contributed by atoms with E-state index in [4.69, 9.17) is 5.26 Å². The summed E-state index contributed by atoms with van der Waals surface area (Å²) in [5.41, 5.74) is 0.600. The van der Waals surface area contributed by atoms with E-state index in [1.165, 1.54) is 30.3 Å². The maximum Gasteiger partial charge on any atom is 0.258 e. The first kappa shape index (κ1) is 13.7. The van der Waals surface area contributed by atoms with Crippen molar-refractivity contribution in [2.24, 2.45) is 0 Å². The third kappa shape index (κ3) is 2.81. The summed E-state index contributed by atoms with van der Waals surface area (Å²) >= 11 is 0. The predicted octanol–water partition coefficient (Wildman–Crippen LogP) is 3.40. The smallest absolute Gasteiger partial charge is 0.258 e. The molecule has 0 heterocycles. The number of hydrogen-bond donors (Lipinski definition) is 1. The summed E-state index contributed by atoms with van der Waals surface area (Å²) in [5, 5.41) is 10.9. The third-order valence-electron chi connectivity index (χ3n) is 2.71. The van der Waals surface area contributed by atoms with Crippen molar-refractivity contribution in [3.8, 4) is 6.07 Å². The lowest BCUT2D eigenvalue weighted by Crippen LogP contribution is -2.15. The minimum absolute atomic E-state index is 0.102. The standard InChI is InChI=1S/C15H10F2N2O/c1-9-2-4-12(16)11(6-9)15(20)19-14-5-3-10(8-18)7-13(14)17/h2-7H,1H3,(H,19,20). The Bertz CT molecular complexity index is 720. The van der Waals surface area contributed by atoms with Gasteiger partial charge in [-0.3, -0.25) is 4.79 Å². The molecule has 0 unspecified atom stereocenters. The van der Waals surface area contributed by atoms with Gasteiger partial charge >= 0.3 is 0 Å². The van der Waals surface area contributed by atoms with Gasteiger partial charge in [0.05, 0.1) is 22.9 Å². The van der Waals surface area contributed by atoms with Gasteiger partial charge in [0.2, 0.25) is 0 Å². The summed E-state index contributed by atoms with van der Waals surface area (Å²) in [6.07, 6.45) is 0. The average molecular weight is 272 g/mol. The number of rotatable bonds is 2. The van der Waals surface area contributed by atoms with Crippen molar-refractivity contribution < 1.29 is 13.6 Å². The molecule has 1 N–H and O–H groups in total. The van der Waals surface area contributed by atoms with Crippen LogP contribution in [0.15, 0.2) is 36.4 Å². The molecule has 100 valence electrons. The van der Waals surface area contributed by atoms with Gasteiger partial charge in [0, 0.05) is 0 Å². The first-order chi connectivity index (χ1) is 9.51. The molecule has 20 heavy (non-hydrogen) atoms.